The number of benzene rings is 1. The number of anilines is 1. The third kappa shape index (κ3) is 3.27. The van der Waals surface area contributed by atoms with Crippen LogP contribution in [-0.4, -0.2) is 32.8 Å². The first kappa shape index (κ1) is 16.4. The van der Waals surface area contributed by atoms with Gasteiger partial charge in [0.25, 0.3) is 0 Å². The van der Waals surface area contributed by atoms with Crippen molar-refractivity contribution in [2.45, 2.75) is 13.8 Å². The molecule has 0 aliphatic carbocycles. The van der Waals surface area contributed by atoms with E-state index in [1.165, 1.54) is 13.4 Å². The summed E-state index contributed by atoms with van der Waals surface area (Å²) in [7, 11) is 1.33. The molecule has 0 fully saturated rings. The zero-order chi connectivity index (χ0) is 18.0. The molecule has 0 radical (unpaired) electrons. The number of esters is 1. The smallest absolute Gasteiger partial charge is 0.337 e. The fourth-order valence-corrected chi connectivity index (χ4v) is 2.35. The van der Waals surface area contributed by atoms with Gasteiger partial charge in [-0.2, -0.15) is 10.1 Å². The number of rotatable bonds is 4. The molecule has 128 valence electrons. The van der Waals surface area contributed by atoms with Crippen molar-refractivity contribution in [3.05, 3.63) is 53.6 Å². The summed E-state index contributed by atoms with van der Waals surface area (Å²) < 4.78 is 12.0. The number of methoxy groups -OCH3 is 1. The van der Waals surface area contributed by atoms with Crippen molar-refractivity contribution in [3.63, 3.8) is 0 Å². The van der Waals surface area contributed by atoms with Crippen molar-refractivity contribution < 1.29 is 14.3 Å². The zero-order valence-electron chi connectivity index (χ0n) is 14.1. The van der Waals surface area contributed by atoms with Crippen molar-refractivity contribution in [3.8, 4) is 17.4 Å². The maximum absolute atomic E-state index is 11.5. The largest absolute Gasteiger partial charge is 0.465 e. The number of hydrogen-bond donors (Lipinski definition) is 1. The molecule has 3 aromatic rings. The number of aromatic nitrogens is 4. The molecule has 1 aromatic carbocycles. The van der Waals surface area contributed by atoms with Gasteiger partial charge in [0.1, 0.15) is 17.8 Å². The summed E-state index contributed by atoms with van der Waals surface area (Å²) in [6.45, 7) is 3.80. The minimum Gasteiger partial charge on any atom is -0.465 e. The Morgan fingerprint density at radius 1 is 1.16 bits per heavy atom. The molecule has 0 unspecified atom stereocenters. The van der Waals surface area contributed by atoms with Crippen molar-refractivity contribution in [1.29, 1.82) is 0 Å². The van der Waals surface area contributed by atoms with Gasteiger partial charge in [0.15, 0.2) is 5.82 Å². The van der Waals surface area contributed by atoms with E-state index in [-0.39, 0.29) is 11.6 Å². The number of nitrogen functional groups attached to an aromatic ring is 1. The lowest BCUT2D eigenvalue weighted by atomic mass is 10.2. The maximum atomic E-state index is 11.5. The Labute approximate surface area is 144 Å². The van der Waals surface area contributed by atoms with E-state index in [2.05, 4.69) is 19.8 Å². The quantitative estimate of drug-likeness (QED) is 0.728. The first-order valence-corrected chi connectivity index (χ1v) is 7.50. The Kier molecular flexibility index (Phi) is 4.34. The molecule has 3 rings (SSSR count). The predicted octanol–water partition coefficient (Wildman–Crippen LogP) is 2.44. The third-order valence-corrected chi connectivity index (χ3v) is 3.53. The lowest BCUT2D eigenvalue weighted by Crippen LogP contribution is -2.08. The van der Waals surface area contributed by atoms with E-state index < -0.39 is 5.97 Å². The fourth-order valence-electron chi connectivity index (χ4n) is 2.35. The van der Waals surface area contributed by atoms with E-state index in [0.717, 1.165) is 11.4 Å². The molecular formula is C17H17N5O3. The minimum atomic E-state index is -0.417. The van der Waals surface area contributed by atoms with Gasteiger partial charge in [-0.05, 0) is 44.2 Å². The number of carbonyl (C=O) groups is 1. The van der Waals surface area contributed by atoms with Gasteiger partial charge in [-0.25, -0.2) is 14.5 Å². The zero-order valence-corrected chi connectivity index (χ0v) is 14.1. The van der Waals surface area contributed by atoms with Crippen LogP contribution in [0, 0.1) is 13.8 Å². The molecule has 2 N–H and O–H groups in total. The number of aryl methyl sites for hydroxylation is 2. The Bertz CT molecular complexity index is 919. The SMILES string of the molecule is COC(=O)c1ccc(Oc2ncnc(-n3nc(C)cc3C)c2N)cc1. The van der Waals surface area contributed by atoms with E-state index in [1.807, 2.05) is 19.9 Å². The first-order valence-electron chi connectivity index (χ1n) is 7.50. The normalized spacial score (nSPS) is 10.5. The molecule has 2 heterocycles. The van der Waals surface area contributed by atoms with Gasteiger partial charge in [0, 0.05) is 5.69 Å². The molecule has 0 aliphatic rings. The average Bonchev–Trinajstić information content (AvgIpc) is 2.95. The molecule has 0 spiro atoms. The molecule has 0 saturated heterocycles. The van der Waals surface area contributed by atoms with E-state index in [9.17, 15) is 4.79 Å². The standard InChI is InChI=1S/C17H17N5O3/c1-10-8-11(2)22(21-10)15-14(18)16(20-9-19-15)25-13-6-4-12(5-7-13)17(23)24-3/h4-9H,18H2,1-3H3. The van der Waals surface area contributed by atoms with Crippen molar-refractivity contribution >= 4 is 11.7 Å². The van der Waals surface area contributed by atoms with Gasteiger partial charge < -0.3 is 15.2 Å². The summed E-state index contributed by atoms with van der Waals surface area (Å²) in [5.74, 6) is 0.724. The lowest BCUT2D eigenvalue weighted by Gasteiger charge is -2.11. The van der Waals surface area contributed by atoms with Crippen LogP contribution in [-0.2, 0) is 4.74 Å². The fraction of sp³-hybridized carbons (Fsp3) is 0.176. The molecule has 0 aliphatic heterocycles. The van der Waals surface area contributed by atoms with Gasteiger partial charge in [-0.1, -0.05) is 0 Å². The molecule has 8 nitrogen and oxygen atoms in total. The Morgan fingerprint density at radius 3 is 2.48 bits per heavy atom. The van der Waals surface area contributed by atoms with Crippen LogP contribution in [0.2, 0.25) is 0 Å². The maximum Gasteiger partial charge on any atom is 0.337 e. The molecule has 0 bridgehead atoms. The van der Waals surface area contributed by atoms with Crippen LogP contribution in [0.3, 0.4) is 0 Å². The molecule has 0 saturated carbocycles. The number of ether oxygens (including phenoxy) is 2. The molecule has 2 aromatic heterocycles. The summed E-state index contributed by atoms with van der Waals surface area (Å²) in [4.78, 5) is 19.7. The Hall–Kier alpha value is -3.42. The third-order valence-electron chi connectivity index (χ3n) is 3.53. The van der Waals surface area contributed by atoms with E-state index in [1.54, 1.807) is 28.9 Å². The highest BCUT2D eigenvalue weighted by molar-refractivity contribution is 5.89. The topological polar surface area (TPSA) is 105 Å². The van der Waals surface area contributed by atoms with Crippen LogP contribution in [0.25, 0.3) is 5.82 Å². The van der Waals surface area contributed by atoms with Gasteiger partial charge in [0.2, 0.25) is 5.88 Å². The number of nitrogens with zero attached hydrogens (tertiary/aromatic N) is 4. The van der Waals surface area contributed by atoms with Crippen LogP contribution in [0.1, 0.15) is 21.7 Å². The second-order valence-electron chi connectivity index (χ2n) is 5.37. The van der Waals surface area contributed by atoms with Gasteiger partial charge >= 0.3 is 5.97 Å². The van der Waals surface area contributed by atoms with Crippen LogP contribution in [0.15, 0.2) is 36.7 Å². The molecular weight excluding hydrogens is 322 g/mol. The highest BCUT2D eigenvalue weighted by Gasteiger charge is 2.15. The number of hydrogen-bond acceptors (Lipinski definition) is 7. The molecule has 0 amide bonds. The highest BCUT2D eigenvalue weighted by Crippen LogP contribution is 2.29. The number of nitrogens with two attached hydrogens (primary N) is 1. The predicted molar refractivity (Wildman–Crippen MR) is 90.9 cm³/mol. The average molecular weight is 339 g/mol. The van der Waals surface area contributed by atoms with E-state index in [0.29, 0.717) is 17.1 Å². The summed E-state index contributed by atoms with van der Waals surface area (Å²) in [5, 5.41) is 4.37. The molecule has 0 atom stereocenters. The van der Waals surface area contributed by atoms with Crippen LogP contribution in [0.5, 0.6) is 11.6 Å². The van der Waals surface area contributed by atoms with Gasteiger partial charge in [0.05, 0.1) is 18.4 Å². The van der Waals surface area contributed by atoms with Crippen LogP contribution >= 0.6 is 0 Å². The molecule has 8 heteroatoms. The molecule has 25 heavy (non-hydrogen) atoms. The summed E-state index contributed by atoms with van der Waals surface area (Å²) in [6.07, 6.45) is 1.36. The first-order chi connectivity index (χ1) is 12.0. The van der Waals surface area contributed by atoms with E-state index in [4.69, 9.17) is 10.5 Å². The Morgan fingerprint density at radius 2 is 1.88 bits per heavy atom. The minimum absolute atomic E-state index is 0.211. The van der Waals surface area contributed by atoms with Gasteiger partial charge in [-0.3, -0.25) is 0 Å². The van der Waals surface area contributed by atoms with Crippen molar-refractivity contribution in [2.24, 2.45) is 0 Å². The summed E-state index contributed by atoms with van der Waals surface area (Å²) in [6, 6.07) is 8.39. The van der Waals surface area contributed by atoms with Crippen LogP contribution in [0.4, 0.5) is 5.69 Å². The second-order valence-corrected chi connectivity index (χ2v) is 5.37. The monoisotopic (exact) mass is 339 g/mol. The van der Waals surface area contributed by atoms with Crippen LogP contribution < -0.4 is 10.5 Å². The second kappa shape index (κ2) is 6.60. The highest BCUT2D eigenvalue weighted by atomic mass is 16.5. The Balaban J connectivity index is 1.90. The van der Waals surface area contributed by atoms with Crippen molar-refractivity contribution in [2.75, 3.05) is 12.8 Å². The number of carbonyl (C=O) groups excluding carboxylic acids is 1. The van der Waals surface area contributed by atoms with E-state index >= 15 is 0 Å². The lowest BCUT2D eigenvalue weighted by molar-refractivity contribution is 0.0600. The summed E-state index contributed by atoms with van der Waals surface area (Å²) >= 11 is 0. The summed E-state index contributed by atoms with van der Waals surface area (Å²) in [5.41, 5.74) is 8.61. The van der Waals surface area contributed by atoms with Gasteiger partial charge in [-0.15, -0.1) is 0 Å². The van der Waals surface area contributed by atoms with Crippen molar-refractivity contribution in [1.82, 2.24) is 19.7 Å².